The molecule has 194 valence electrons. The third-order valence-corrected chi connectivity index (χ3v) is 5.41. The zero-order chi connectivity index (χ0) is 26.5. The van der Waals surface area contributed by atoms with Gasteiger partial charge in [-0.1, -0.05) is 0 Å². The van der Waals surface area contributed by atoms with Crippen molar-refractivity contribution in [3.8, 4) is 11.6 Å². The first-order chi connectivity index (χ1) is 17.7. The molecule has 8 nitrogen and oxygen atoms in total. The Hall–Kier alpha value is -4.35. The summed E-state index contributed by atoms with van der Waals surface area (Å²) in [6.45, 7) is -3.57. The van der Waals surface area contributed by atoms with E-state index in [1.807, 2.05) is 43.4 Å². The van der Waals surface area contributed by atoms with Crippen molar-refractivity contribution in [3.05, 3.63) is 66.4 Å². The van der Waals surface area contributed by atoms with Crippen molar-refractivity contribution in [2.75, 3.05) is 23.5 Å². The van der Waals surface area contributed by atoms with E-state index in [-0.39, 0.29) is 17.4 Å². The number of ether oxygens (including phenoxy) is 2. The minimum Gasteiger partial charge on any atom is -0.472 e. The number of fused-ring (bicyclic) bond motifs is 1. The van der Waals surface area contributed by atoms with Gasteiger partial charge in [-0.2, -0.15) is 18.9 Å². The molecular weight excluding hydrogens is 494 g/mol. The summed E-state index contributed by atoms with van der Waals surface area (Å²) >= 11 is 0. The van der Waals surface area contributed by atoms with Crippen LogP contribution in [0.1, 0.15) is 5.56 Å². The van der Waals surface area contributed by atoms with Gasteiger partial charge in [0.25, 0.3) is 6.43 Å². The Morgan fingerprint density at radius 1 is 1.03 bits per heavy atom. The van der Waals surface area contributed by atoms with E-state index in [0.29, 0.717) is 24.2 Å². The van der Waals surface area contributed by atoms with Crippen LogP contribution in [0.25, 0.3) is 10.9 Å². The Kier molecular flexibility index (Phi) is 7.75. The second-order valence-corrected chi connectivity index (χ2v) is 8.08. The highest BCUT2D eigenvalue weighted by Crippen LogP contribution is 2.31. The third-order valence-electron chi connectivity index (χ3n) is 5.41. The van der Waals surface area contributed by atoms with Crippen molar-refractivity contribution in [2.24, 2.45) is 7.05 Å². The number of carbonyl (C=O) groups is 1. The fraction of sp³-hybridized carbons (Fsp3) is 0.240. The number of pyridine rings is 1. The molecule has 2 heterocycles. The molecule has 0 spiro atoms. The zero-order valence-electron chi connectivity index (χ0n) is 19.9. The van der Waals surface area contributed by atoms with Crippen LogP contribution < -0.4 is 19.3 Å². The lowest BCUT2D eigenvalue weighted by Gasteiger charge is -2.25. The van der Waals surface area contributed by atoms with Crippen LogP contribution in [0.2, 0.25) is 0 Å². The second kappa shape index (κ2) is 11.1. The molecule has 0 atom stereocenters. The fourth-order valence-electron chi connectivity index (χ4n) is 3.76. The quantitative estimate of drug-likeness (QED) is 0.203. The average Bonchev–Trinajstić information content (AvgIpc) is 3.24. The number of amides is 1. The third kappa shape index (κ3) is 6.26. The summed E-state index contributed by atoms with van der Waals surface area (Å²) in [6, 6.07) is 14.2. The predicted molar refractivity (Wildman–Crippen MR) is 130 cm³/mol. The van der Waals surface area contributed by atoms with Gasteiger partial charge in [0.2, 0.25) is 12.3 Å². The first-order valence-electron chi connectivity index (χ1n) is 11.1. The zero-order valence-corrected chi connectivity index (χ0v) is 19.9. The van der Waals surface area contributed by atoms with Gasteiger partial charge in [0.05, 0.1) is 11.2 Å². The number of anilines is 3. The summed E-state index contributed by atoms with van der Waals surface area (Å²) in [5, 5.41) is 5.31. The Morgan fingerprint density at radius 3 is 2.43 bits per heavy atom. The number of nitrogens with zero attached hydrogens (tertiary/aromatic N) is 5. The number of hydrogen-bond donors (Lipinski definition) is 0. The summed E-state index contributed by atoms with van der Waals surface area (Å²) in [5.74, 6) is -0.0427. The number of carbonyl (C=O) groups excluding carboxylic acids is 1. The Labute approximate surface area is 209 Å². The highest BCUT2D eigenvalue weighted by atomic mass is 19.3. The lowest BCUT2D eigenvalue weighted by Crippen LogP contribution is -2.22. The lowest BCUT2D eigenvalue weighted by atomic mass is 10.1. The lowest BCUT2D eigenvalue weighted by molar-refractivity contribution is -0.106. The number of rotatable bonds is 11. The summed E-state index contributed by atoms with van der Waals surface area (Å²) < 4.78 is 61.6. The standard InChI is InChI=1S/C25H23F4N5O3/c1-32(19-6-9-21-17(11-19)13-33(2)31-21)12-16-3-10-23(36-14-22(26)27)30-24(16)34(15-35)18-4-7-20(8-5-18)37-25(28)29/h3-11,13,15,22,25H,12,14H2,1-2H3. The molecule has 1 amide bonds. The van der Waals surface area contributed by atoms with Gasteiger partial charge in [-0.05, 0) is 48.5 Å². The van der Waals surface area contributed by atoms with Crippen LogP contribution in [0.3, 0.4) is 0 Å². The van der Waals surface area contributed by atoms with Gasteiger partial charge < -0.3 is 14.4 Å². The van der Waals surface area contributed by atoms with Gasteiger partial charge in [0, 0.05) is 49.5 Å². The van der Waals surface area contributed by atoms with E-state index in [1.165, 1.54) is 35.2 Å². The molecule has 2 aromatic heterocycles. The summed E-state index contributed by atoms with van der Waals surface area (Å²) in [6.07, 6.45) is -0.319. The Balaban J connectivity index is 1.67. The topological polar surface area (TPSA) is 72.7 Å². The van der Waals surface area contributed by atoms with E-state index in [0.717, 1.165) is 16.6 Å². The maximum absolute atomic E-state index is 12.7. The number of alkyl halides is 4. The summed E-state index contributed by atoms with van der Waals surface area (Å²) in [7, 11) is 3.68. The Morgan fingerprint density at radius 2 is 1.76 bits per heavy atom. The molecule has 0 saturated heterocycles. The molecule has 0 aliphatic carbocycles. The van der Waals surface area contributed by atoms with E-state index >= 15 is 0 Å². The SMILES string of the molecule is CN(Cc1ccc(OCC(F)F)nc1N(C=O)c1ccc(OC(F)F)cc1)c1ccc2nn(C)cc2c1. The normalized spacial score (nSPS) is 11.2. The summed E-state index contributed by atoms with van der Waals surface area (Å²) in [5.41, 5.74) is 2.60. The maximum Gasteiger partial charge on any atom is 0.387 e. The largest absolute Gasteiger partial charge is 0.472 e. The van der Waals surface area contributed by atoms with Gasteiger partial charge in [0.1, 0.15) is 11.6 Å². The molecule has 0 bridgehead atoms. The highest BCUT2D eigenvalue weighted by molar-refractivity contribution is 5.86. The monoisotopic (exact) mass is 517 g/mol. The maximum atomic E-state index is 12.7. The van der Waals surface area contributed by atoms with Gasteiger partial charge in [-0.25, -0.2) is 8.78 Å². The molecule has 4 rings (SSSR count). The van der Waals surface area contributed by atoms with E-state index in [4.69, 9.17) is 4.74 Å². The second-order valence-electron chi connectivity index (χ2n) is 8.08. The minimum atomic E-state index is -2.99. The molecule has 0 radical (unpaired) electrons. The molecule has 0 fully saturated rings. The predicted octanol–water partition coefficient (Wildman–Crippen LogP) is 5.14. The molecule has 0 unspecified atom stereocenters. The number of aromatic nitrogens is 3. The average molecular weight is 517 g/mol. The molecule has 0 aliphatic heterocycles. The first kappa shape index (κ1) is 25.7. The van der Waals surface area contributed by atoms with Crippen molar-refractivity contribution in [3.63, 3.8) is 0 Å². The Bertz CT molecular complexity index is 1360. The molecule has 0 saturated carbocycles. The minimum absolute atomic E-state index is 0.0858. The van der Waals surface area contributed by atoms with Gasteiger partial charge in [0.15, 0.2) is 6.61 Å². The van der Waals surface area contributed by atoms with Crippen molar-refractivity contribution in [1.29, 1.82) is 0 Å². The van der Waals surface area contributed by atoms with Crippen LogP contribution in [0, 0.1) is 0 Å². The van der Waals surface area contributed by atoms with Gasteiger partial charge in [-0.15, -0.1) is 0 Å². The molecule has 0 N–H and O–H groups in total. The fourth-order valence-corrected chi connectivity index (χ4v) is 3.76. The molecule has 4 aromatic rings. The highest BCUT2D eigenvalue weighted by Gasteiger charge is 2.19. The van der Waals surface area contributed by atoms with Crippen LogP contribution in [-0.2, 0) is 18.4 Å². The van der Waals surface area contributed by atoms with E-state index in [9.17, 15) is 22.4 Å². The van der Waals surface area contributed by atoms with Crippen LogP contribution in [-0.4, -0.2) is 47.9 Å². The summed E-state index contributed by atoms with van der Waals surface area (Å²) in [4.78, 5) is 19.6. The van der Waals surface area contributed by atoms with Gasteiger partial charge in [-0.3, -0.25) is 14.4 Å². The van der Waals surface area contributed by atoms with Crippen molar-refractivity contribution < 1.29 is 31.8 Å². The van der Waals surface area contributed by atoms with Crippen LogP contribution in [0.15, 0.2) is 60.8 Å². The van der Waals surface area contributed by atoms with Crippen molar-refractivity contribution in [1.82, 2.24) is 14.8 Å². The molecule has 12 heteroatoms. The first-order valence-corrected chi connectivity index (χ1v) is 11.1. The van der Waals surface area contributed by atoms with E-state index in [1.54, 1.807) is 10.7 Å². The van der Waals surface area contributed by atoms with E-state index in [2.05, 4.69) is 14.8 Å². The molecule has 0 aliphatic rings. The van der Waals surface area contributed by atoms with E-state index < -0.39 is 19.6 Å². The number of hydrogen-bond acceptors (Lipinski definition) is 6. The molecular formula is C25H23F4N5O3. The van der Waals surface area contributed by atoms with Gasteiger partial charge >= 0.3 is 6.61 Å². The smallest absolute Gasteiger partial charge is 0.387 e. The van der Waals surface area contributed by atoms with Crippen LogP contribution in [0.4, 0.5) is 34.8 Å². The number of benzene rings is 2. The molecule has 37 heavy (non-hydrogen) atoms. The number of halogens is 4. The van der Waals surface area contributed by atoms with Crippen LogP contribution >= 0.6 is 0 Å². The van der Waals surface area contributed by atoms with Crippen molar-refractivity contribution >= 4 is 34.5 Å². The molecule has 2 aromatic carbocycles. The van der Waals surface area contributed by atoms with Crippen molar-refractivity contribution in [2.45, 2.75) is 19.6 Å². The van der Waals surface area contributed by atoms with Crippen LogP contribution in [0.5, 0.6) is 11.6 Å². The number of aryl methyl sites for hydroxylation is 1.